The van der Waals surface area contributed by atoms with Crippen molar-refractivity contribution in [1.82, 2.24) is 15.3 Å². The van der Waals surface area contributed by atoms with Crippen molar-refractivity contribution in [3.05, 3.63) is 68.3 Å². The highest BCUT2D eigenvalue weighted by Crippen LogP contribution is 2.40. The Kier molecular flexibility index (Phi) is 7.72. The van der Waals surface area contributed by atoms with Gasteiger partial charge in [0.25, 0.3) is 11.6 Å². The van der Waals surface area contributed by atoms with E-state index in [1.165, 1.54) is 35.2 Å². The number of nitrogens with one attached hydrogen (secondary N) is 1. The molecule has 1 saturated carbocycles. The van der Waals surface area contributed by atoms with Gasteiger partial charge in [0.15, 0.2) is 5.16 Å². The zero-order valence-electron chi connectivity index (χ0n) is 19.8. The molecule has 2 heterocycles. The molecule has 2 aliphatic rings. The Labute approximate surface area is 217 Å². The summed E-state index contributed by atoms with van der Waals surface area (Å²) in [6.07, 6.45) is 14.5. The van der Waals surface area contributed by atoms with Crippen molar-refractivity contribution in [3.63, 3.8) is 0 Å². The van der Waals surface area contributed by atoms with Crippen molar-refractivity contribution in [2.45, 2.75) is 73.9 Å². The van der Waals surface area contributed by atoms with Gasteiger partial charge in [-0.15, -0.1) is 11.3 Å². The number of carbonyl (C=O) groups excluding carboxylic acids is 1. The lowest BCUT2D eigenvalue weighted by Crippen LogP contribution is -2.36. The first-order valence-electron chi connectivity index (χ1n) is 12.3. The number of fused-ring (bicyclic) bond motifs is 1. The SMILES string of the molecule is O=C(NC1CCCCC1)c1c(N=Cc2cc([N+](=O)[O-])ccc2Sc2ncccn2)sc2c1CCCC2. The number of benzene rings is 1. The van der Waals surface area contributed by atoms with Crippen LogP contribution in [0.5, 0.6) is 0 Å². The maximum Gasteiger partial charge on any atom is 0.270 e. The standard InChI is InChI=1S/C26H27N5O3S2/c32-24(30-18-7-2-1-3-8-18)23-20-9-4-5-10-22(20)35-25(23)29-16-17-15-19(31(33)34)11-12-21(17)36-26-27-13-6-14-28-26/h6,11-16,18H,1-5,7-10H2,(H,30,32). The minimum absolute atomic E-state index is 0.0180. The summed E-state index contributed by atoms with van der Waals surface area (Å²) in [5, 5.41) is 15.9. The summed E-state index contributed by atoms with van der Waals surface area (Å²) in [7, 11) is 0. The molecular weight excluding hydrogens is 494 g/mol. The first kappa shape index (κ1) is 24.6. The van der Waals surface area contributed by atoms with Crippen LogP contribution in [0.1, 0.15) is 71.3 Å². The van der Waals surface area contributed by atoms with Crippen LogP contribution >= 0.6 is 23.1 Å². The van der Waals surface area contributed by atoms with E-state index in [1.54, 1.807) is 42.1 Å². The summed E-state index contributed by atoms with van der Waals surface area (Å²) >= 11 is 2.89. The molecule has 1 amide bonds. The molecule has 3 aromatic rings. The van der Waals surface area contributed by atoms with E-state index < -0.39 is 4.92 Å². The first-order valence-corrected chi connectivity index (χ1v) is 13.9. The lowest BCUT2D eigenvalue weighted by molar-refractivity contribution is -0.384. The fourth-order valence-electron chi connectivity index (χ4n) is 4.79. The van der Waals surface area contributed by atoms with Gasteiger partial charge in [-0.1, -0.05) is 19.3 Å². The van der Waals surface area contributed by atoms with Gasteiger partial charge in [-0.25, -0.2) is 15.0 Å². The average Bonchev–Trinajstić information content (AvgIpc) is 3.28. The Morgan fingerprint density at radius 1 is 1.14 bits per heavy atom. The number of aliphatic imine (C=N–C) groups is 1. The Balaban J connectivity index is 1.48. The second kappa shape index (κ2) is 11.3. The molecule has 0 saturated heterocycles. The van der Waals surface area contributed by atoms with E-state index in [-0.39, 0.29) is 17.6 Å². The molecule has 10 heteroatoms. The molecular formula is C26H27N5O3S2. The van der Waals surface area contributed by atoms with Gasteiger partial charge in [0.2, 0.25) is 0 Å². The third-order valence-electron chi connectivity index (χ3n) is 6.59. The molecule has 186 valence electrons. The van der Waals surface area contributed by atoms with Crippen molar-refractivity contribution in [1.29, 1.82) is 0 Å². The van der Waals surface area contributed by atoms with Crippen LogP contribution in [-0.4, -0.2) is 33.1 Å². The highest BCUT2D eigenvalue weighted by Gasteiger charge is 2.27. The number of hydrogen-bond acceptors (Lipinski definition) is 8. The Morgan fingerprint density at radius 3 is 2.69 bits per heavy atom. The number of carbonyl (C=O) groups is 1. The van der Waals surface area contributed by atoms with Gasteiger partial charge in [0.1, 0.15) is 5.00 Å². The van der Waals surface area contributed by atoms with E-state index in [0.29, 0.717) is 21.3 Å². The summed E-state index contributed by atoms with van der Waals surface area (Å²) in [5.41, 5.74) is 2.38. The van der Waals surface area contributed by atoms with Gasteiger partial charge in [0, 0.05) is 52.1 Å². The van der Waals surface area contributed by atoms with Crippen molar-refractivity contribution in [2.24, 2.45) is 4.99 Å². The van der Waals surface area contributed by atoms with E-state index in [1.807, 2.05) is 0 Å². The molecule has 2 aliphatic carbocycles. The van der Waals surface area contributed by atoms with Gasteiger partial charge < -0.3 is 5.32 Å². The van der Waals surface area contributed by atoms with Crippen LogP contribution in [0.15, 0.2) is 51.7 Å². The topological polar surface area (TPSA) is 110 Å². The number of rotatable bonds is 7. The molecule has 0 spiro atoms. The number of nitrogens with zero attached hydrogens (tertiary/aromatic N) is 4. The van der Waals surface area contributed by atoms with Crippen molar-refractivity contribution < 1.29 is 9.72 Å². The quantitative estimate of drug-likeness (QED) is 0.169. The molecule has 0 aliphatic heterocycles. The van der Waals surface area contributed by atoms with Crippen LogP contribution in [0.25, 0.3) is 0 Å². The fraction of sp³-hybridized carbons (Fsp3) is 0.385. The predicted octanol–water partition coefficient (Wildman–Crippen LogP) is 6.29. The number of non-ortho nitro benzene ring substituents is 1. The van der Waals surface area contributed by atoms with Crippen LogP contribution in [0.4, 0.5) is 10.7 Å². The molecule has 8 nitrogen and oxygen atoms in total. The van der Waals surface area contributed by atoms with Crippen molar-refractivity contribution in [2.75, 3.05) is 0 Å². The summed E-state index contributed by atoms with van der Waals surface area (Å²) in [6.45, 7) is 0. The van der Waals surface area contributed by atoms with Crippen molar-refractivity contribution >= 4 is 45.9 Å². The van der Waals surface area contributed by atoms with Crippen LogP contribution in [0.3, 0.4) is 0 Å². The summed E-state index contributed by atoms with van der Waals surface area (Å²) in [5.74, 6) is -0.0419. The van der Waals surface area contributed by atoms with E-state index in [0.717, 1.165) is 61.8 Å². The van der Waals surface area contributed by atoms with E-state index in [9.17, 15) is 14.9 Å². The lowest BCUT2D eigenvalue weighted by atomic mass is 9.93. The Hall–Kier alpha value is -3.11. The zero-order chi connectivity index (χ0) is 24.9. The number of hydrogen-bond donors (Lipinski definition) is 1. The Morgan fingerprint density at radius 2 is 1.92 bits per heavy atom. The van der Waals surface area contributed by atoms with Gasteiger partial charge in [0.05, 0.1) is 10.5 Å². The van der Waals surface area contributed by atoms with Gasteiger partial charge >= 0.3 is 0 Å². The largest absolute Gasteiger partial charge is 0.349 e. The minimum atomic E-state index is -0.419. The predicted molar refractivity (Wildman–Crippen MR) is 142 cm³/mol. The molecule has 36 heavy (non-hydrogen) atoms. The van der Waals surface area contributed by atoms with Crippen molar-refractivity contribution in [3.8, 4) is 0 Å². The van der Waals surface area contributed by atoms with E-state index in [2.05, 4.69) is 15.3 Å². The number of aryl methyl sites for hydroxylation is 1. The molecule has 0 unspecified atom stereocenters. The number of amides is 1. The molecule has 2 aromatic heterocycles. The van der Waals surface area contributed by atoms with Crippen LogP contribution < -0.4 is 5.32 Å². The second-order valence-corrected chi connectivity index (χ2v) is 11.2. The zero-order valence-corrected chi connectivity index (χ0v) is 21.4. The first-order chi connectivity index (χ1) is 17.6. The third-order valence-corrected chi connectivity index (χ3v) is 8.77. The number of nitro benzene ring substituents is 1. The summed E-state index contributed by atoms with van der Waals surface area (Å²) in [6, 6.07) is 6.62. The molecule has 0 radical (unpaired) electrons. The molecule has 0 atom stereocenters. The average molecular weight is 522 g/mol. The van der Waals surface area contributed by atoms with Crippen LogP contribution in [0.2, 0.25) is 0 Å². The molecule has 1 N–H and O–H groups in total. The summed E-state index contributed by atoms with van der Waals surface area (Å²) < 4.78 is 0. The van der Waals surface area contributed by atoms with Crippen LogP contribution in [-0.2, 0) is 12.8 Å². The number of nitro groups is 1. The Bertz CT molecular complexity index is 1290. The number of aromatic nitrogens is 2. The van der Waals surface area contributed by atoms with Gasteiger partial charge in [-0.2, -0.15) is 0 Å². The molecule has 0 bridgehead atoms. The minimum Gasteiger partial charge on any atom is -0.349 e. The second-order valence-electron chi connectivity index (χ2n) is 9.07. The van der Waals surface area contributed by atoms with Gasteiger partial charge in [-0.05, 0) is 68.0 Å². The lowest BCUT2D eigenvalue weighted by Gasteiger charge is -2.23. The maximum atomic E-state index is 13.4. The third kappa shape index (κ3) is 5.65. The monoisotopic (exact) mass is 521 g/mol. The molecule has 5 rings (SSSR count). The van der Waals surface area contributed by atoms with Crippen LogP contribution in [0, 0.1) is 10.1 Å². The molecule has 1 fully saturated rings. The normalized spacial score (nSPS) is 16.1. The number of thiophene rings is 1. The summed E-state index contributed by atoms with van der Waals surface area (Å²) in [4.78, 5) is 39.7. The highest BCUT2D eigenvalue weighted by molar-refractivity contribution is 7.99. The highest BCUT2D eigenvalue weighted by atomic mass is 32.2. The smallest absolute Gasteiger partial charge is 0.270 e. The van der Waals surface area contributed by atoms with E-state index in [4.69, 9.17) is 4.99 Å². The van der Waals surface area contributed by atoms with E-state index >= 15 is 0 Å². The van der Waals surface area contributed by atoms with Gasteiger partial charge in [-0.3, -0.25) is 14.9 Å². The molecule has 1 aromatic carbocycles. The fourth-order valence-corrected chi connectivity index (χ4v) is 6.81. The maximum absolute atomic E-state index is 13.4.